The molecule has 112 valence electrons. The van der Waals surface area contributed by atoms with E-state index in [-0.39, 0.29) is 5.69 Å². The largest absolute Gasteiger partial charge is 0.433 e. The van der Waals surface area contributed by atoms with Gasteiger partial charge in [0.2, 0.25) is 0 Å². The van der Waals surface area contributed by atoms with Gasteiger partial charge in [0.15, 0.2) is 5.69 Å². The minimum absolute atomic E-state index is 0.273. The lowest BCUT2D eigenvalue weighted by molar-refractivity contribution is -0.143. The topological polar surface area (TPSA) is 46.9 Å². The molecule has 0 atom stereocenters. The van der Waals surface area contributed by atoms with Gasteiger partial charge in [-0.15, -0.1) is 0 Å². The van der Waals surface area contributed by atoms with Gasteiger partial charge < -0.3 is 5.32 Å². The molecule has 1 N–H and O–H groups in total. The Hall–Kier alpha value is -2.31. The van der Waals surface area contributed by atoms with Gasteiger partial charge in [0.1, 0.15) is 5.69 Å². The summed E-state index contributed by atoms with van der Waals surface area (Å²) in [6.45, 7) is 3.72. The summed E-state index contributed by atoms with van der Waals surface area (Å²) in [6.07, 6.45) is -4.54. The zero-order chi connectivity index (χ0) is 15.8. The number of alkyl halides is 3. The normalized spacial score (nSPS) is 11.5. The summed E-state index contributed by atoms with van der Waals surface area (Å²) in [4.78, 5) is 12.0. The van der Waals surface area contributed by atoms with Crippen molar-refractivity contribution in [1.82, 2.24) is 9.78 Å². The van der Waals surface area contributed by atoms with Crippen molar-refractivity contribution in [3.63, 3.8) is 0 Å². The van der Waals surface area contributed by atoms with Gasteiger partial charge >= 0.3 is 6.18 Å². The molecular weight excluding hydrogens is 283 g/mol. The van der Waals surface area contributed by atoms with Gasteiger partial charge in [0.25, 0.3) is 5.91 Å². The Labute approximate surface area is 119 Å². The number of hydrogen-bond donors (Lipinski definition) is 1. The van der Waals surface area contributed by atoms with Crippen molar-refractivity contribution >= 4 is 11.6 Å². The molecule has 0 saturated heterocycles. The third kappa shape index (κ3) is 3.24. The van der Waals surface area contributed by atoms with Crippen LogP contribution in [0.2, 0.25) is 0 Å². The second kappa shape index (κ2) is 5.23. The molecule has 1 aromatic heterocycles. The molecule has 0 aliphatic heterocycles. The molecule has 0 spiro atoms. The van der Waals surface area contributed by atoms with E-state index in [9.17, 15) is 18.0 Å². The first-order valence-corrected chi connectivity index (χ1v) is 6.18. The van der Waals surface area contributed by atoms with Crippen LogP contribution in [0.15, 0.2) is 24.3 Å². The lowest BCUT2D eigenvalue weighted by Crippen LogP contribution is -2.13. The van der Waals surface area contributed by atoms with Crippen molar-refractivity contribution in [3.05, 3.63) is 46.8 Å². The van der Waals surface area contributed by atoms with Crippen LogP contribution in [0, 0.1) is 13.8 Å². The molecule has 2 aromatic rings. The average Bonchev–Trinajstić information content (AvgIpc) is 2.75. The fourth-order valence-corrected chi connectivity index (χ4v) is 1.98. The van der Waals surface area contributed by atoms with Crippen LogP contribution in [-0.2, 0) is 13.2 Å². The number of nitrogens with zero attached hydrogens (tertiary/aromatic N) is 2. The summed E-state index contributed by atoms with van der Waals surface area (Å²) in [5.74, 6) is -0.673. The van der Waals surface area contributed by atoms with E-state index < -0.39 is 17.8 Å². The number of amides is 1. The molecular formula is C14H14F3N3O. The first-order chi connectivity index (χ1) is 9.68. The molecule has 0 fully saturated rings. The highest BCUT2D eigenvalue weighted by Crippen LogP contribution is 2.29. The molecule has 0 radical (unpaired) electrons. The van der Waals surface area contributed by atoms with Crippen molar-refractivity contribution in [2.24, 2.45) is 7.05 Å². The molecule has 0 unspecified atom stereocenters. The van der Waals surface area contributed by atoms with Crippen LogP contribution < -0.4 is 5.32 Å². The number of anilines is 1. The fraction of sp³-hybridized carbons (Fsp3) is 0.286. The summed E-state index contributed by atoms with van der Waals surface area (Å²) in [5.41, 5.74) is 1.17. The number of rotatable bonds is 2. The Morgan fingerprint density at radius 3 is 2.43 bits per heavy atom. The lowest BCUT2D eigenvalue weighted by Gasteiger charge is -2.07. The van der Waals surface area contributed by atoms with Crippen LogP contribution in [0.1, 0.15) is 27.3 Å². The number of hydrogen-bond acceptors (Lipinski definition) is 2. The number of nitrogens with one attached hydrogen (secondary N) is 1. The van der Waals surface area contributed by atoms with Gasteiger partial charge in [-0.3, -0.25) is 9.48 Å². The Kier molecular flexibility index (Phi) is 3.76. The molecule has 21 heavy (non-hydrogen) atoms. The molecule has 1 aromatic carbocycles. The first kappa shape index (κ1) is 15.1. The molecule has 0 aliphatic carbocycles. The maximum absolute atomic E-state index is 12.7. The van der Waals surface area contributed by atoms with Crippen LogP contribution in [0.25, 0.3) is 0 Å². The van der Waals surface area contributed by atoms with Crippen molar-refractivity contribution in [2.75, 3.05) is 5.32 Å². The smallest absolute Gasteiger partial charge is 0.320 e. The zero-order valence-electron chi connectivity index (χ0n) is 11.7. The lowest BCUT2D eigenvalue weighted by atomic mass is 10.1. The van der Waals surface area contributed by atoms with Gasteiger partial charge in [-0.25, -0.2) is 0 Å². The van der Waals surface area contributed by atoms with Crippen molar-refractivity contribution in [3.8, 4) is 0 Å². The molecule has 4 nitrogen and oxygen atoms in total. The van der Waals surface area contributed by atoms with Gasteiger partial charge in [-0.2, -0.15) is 18.3 Å². The second-order valence-corrected chi connectivity index (χ2v) is 4.81. The van der Waals surface area contributed by atoms with E-state index in [0.29, 0.717) is 10.4 Å². The third-order valence-corrected chi connectivity index (χ3v) is 3.03. The zero-order valence-corrected chi connectivity index (χ0v) is 11.7. The summed E-state index contributed by atoms with van der Waals surface area (Å²) < 4.78 is 38.7. The minimum Gasteiger partial charge on any atom is -0.320 e. The second-order valence-electron chi connectivity index (χ2n) is 4.81. The monoisotopic (exact) mass is 297 g/mol. The number of halogens is 3. The molecule has 1 heterocycles. The molecule has 2 rings (SSSR count). The van der Waals surface area contributed by atoms with Gasteiger partial charge in [0, 0.05) is 18.8 Å². The molecule has 1 amide bonds. The predicted octanol–water partition coefficient (Wildman–Crippen LogP) is 3.31. The quantitative estimate of drug-likeness (QED) is 0.924. The standard InChI is InChI=1S/C14H14F3N3O/c1-8-4-5-10(9(2)6-8)18-13(21)11-7-12(14(15,16)17)20(3)19-11/h4-7H,1-3H3,(H,18,21). The van der Waals surface area contributed by atoms with Crippen LogP contribution in [0.5, 0.6) is 0 Å². The minimum atomic E-state index is -4.54. The number of aryl methyl sites for hydroxylation is 3. The van der Waals surface area contributed by atoms with Crippen molar-refractivity contribution in [2.45, 2.75) is 20.0 Å². The third-order valence-electron chi connectivity index (χ3n) is 3.03. The summed E-state index contributed by atoms with van der Waals surface area (Å²) in [5, 5.41) is 6.17. The Bertz CT molecular complexity index is 689. The van der Waals surface area contributed by atoms with Crippen LogP contribution in [0.4, 0.5) is 18.9 Å². The molecule has 0 saturated carbocycles. The van der Waals surface area contributed by atoms with E-state index >= 15 is 0 Å². The number of carbonyl (C=O) groups excluding carboxylic acids is 1. The van der Waals surface area contributed by atoms with Gasteiger partial charge in [-0.1, -0.05) is 17.7 Å². The fourth-order valence-electron chi connectivity index (χ4n) is 1.98. The summed E-state index contributed by atoms with van der Waals surface area (Å²) >= 11 is 0. The highest BCUT2D eigenvalue weighted by molar-refractivity contribution is 6.03. The maximum Gasteiger partial charge on any atom is 0.433 e. The van der Waals surface area contributed by atoms with E-state index in [1.54, 1.807) is 6.07 Å². The highest BCUT2D eigenvalue weighted by atomic mass is 19.4. The van der Waals surface area contributed by atoms with Gasteiger partial charge in [0.05, 0.1) is 0 Å². The Balaban J connectivity index is 2.25. The predicted molar refractivity (Wildman–Crippen MR) is 72.1 cm³/mol. The SMILES string of the molecule is Cc1ccc(NC(=O)c2cc(C(F)(F)F)n(C)n2)c(C)c1. The number of carbonyl (C=O) groups is 1. The molecule has 7 heteroatoms. The van der Waals surface area contributed by atoms with Gasteiger partial charge in [-0.05, 0) is 25.5 Å². The van der Waals surface area contributed by atoms with E-state index in [1.165, 1.54) is 0 Å². The summed E-state index contributed by atoms with van der Waals surface area (Å²) in [6, 6.07) is 6.12. The van der Waals surface area contributed by atoms with Crippen LogP contribution in [-0.4, -0.2) is 15.7 Å². The molecule has 0 aliphatic rings. The summed E-state index contributed by atoms with van der Waals surface area (Å²) in [7, 11) is 1.15. The van der Waals surface area contributed by atoms with Crippen molar-refractivity contribution in [1.29, 1.82) is 0 Å². The highest BCUT2D eigenvalue weighted by Gasteiger charge is 2.35. The Morgan fingerprint density at radius 2 is 1.90 bits per heavy atom. The Morgan fingerprint density at radius 1 is 1.24 bits per heavy atom. The number of aromatic nitrogens is 2. The van der Waals surface area contributed by atoms with Crippen LogP contribution in [0.3, 0.4) is 0 Å². The first-order valence-electron chi connectivity index (χ1n) is 6.18. The van der Waals surface area contributed by atoms with E-state index in [0.717, 1.165) is 24.2 Å². The van der Waals surface area contributed by atoms with E-state index in [4.69, 9.17) is 0 Å². The van der Waals surface area contributed by atoms with E-state index in [1.807, 2.05) is 26.0 Å². The van der Waals surface area contributed by atoms with Crippen LogP contribution >= 0.6 is 0 Å². The maximum atomic E-state index is 12.7. The van der Waals surface area contributed by atoms with Crippen molar-refractivity contribution < 1.29 is 18.0 Å². The average molecular weight is 297 g/mol. The van der Waals surface area contributed by atoms with E-state index in [2.05, 4.69) is 10.4 Å². The molecule has 0 bridgehead atoms. The number of benzene rings is 1.